The Balaban J connectivity index is 2.40. The van der Waals surface area contributed by atoms with Crippen molar-refractivity contribution in [2.75, 3.05) is 0 Å². The number of aryl methyl sites for hydroxylation is 3. The summed E-state index contributed by atoms with van der Waals surface area (Å²) in [6.45, 7) is 5.88. The molecule has 0 aliphatic rings. The van der Waals surface area contributed by atoms with Crippen LogP contribution in [0.15, 0.2) is 28.7 Å². The topological polar surface area (TPSA) is 70.7 Å². The molecule has 0 amide bonds. The van der Waals surface area contributed by atoms with Gasteiger partial charge in [0.2, 0.25) is 5.76 Å². The molecule has 1 aromatic heterocycles. The lowest BCUT2D eigenvalue weighted by Crippen LogP contribution is -2.02. The summed E-state index contributed by atoms with van der Waals surface area (Å²) < 4.78 is 5.14. The van der Waals surface area contributed by atoms with E-state index in [9.17, 15) is 9.90 Å². The van der Waals surface area contributed by atoms with E-state index in [1.807, 2.05) is 32.9 Å². The molecule has 2 N–H and O–H groups in total. The molecule has 0 saturated heterocycles. The van der Waals surface area contributed by atoms with Crippen molar-refractivity contribution in [3.63, 3.8) is 0 Å². The number of carboxylic acid groups (broad SMARTS) is 1. The summed E-state index contributed by atoms with van der Waals surface area (Å²) in [5.41, 5.74) is 3.90. The zero-order valence-corrected chi connectivity index (χ0v) is 11.1. The van der Waals surface area contributed by atoms with Gasteiger partial charge in [0, 0.05) is 0 Å². The molecule has 1 aromatic carbocycles. The fraction of sp³-hybridized carbons (Fsp3) is 0.267. The number of aliphatic hydroxyl groups is 1. The number of carbonyl (C=O) groups is 1. The standard InChI is InChI=1S/C15H16O4/c1-8-6-10(3)11(7-9(8)2)14(16)12-4-5-13(19-12)15(17)18/h4-7,14,16H,1-3H3,(H,17,18). The average molecular weight is 260 g/mol. The largest absolute Gasteiger partial charge is 0.475 e. The summed E-state index contributed by atoms with van der Waals surface area (Å²) in [5, 5.41) is 19.1. The van der Waals surface area contributed by atoms with Crippen LogP contribution in [-0.4, -0.2) is 16.2 Å². The molecule has 4 nitrogen and oxygen atoms in total. The van der Waals surface area contributed by atoms with Crippen molar-refractivity contribution in [3.8, 4) is 0 Å². The molecule has 1 heterocycles. The van der Waals surface area contributed by atoms with E-state index in [1.54, 1.807) is 0 Å². The molecule has 1 unspecified atom stereocenters. The van der Waals surface area contributed by atoms with E-state index in [-0.39, 0.29) is 11.5 Å². The van der Waals surface area contributed by atoms with Crippen LogP contribution in [-0.2, 0) is 0 Å². The quantitative estimate of drug-likeness (QED) is 0.890. The summed E-state index contributed by atoms with van der Waals surface area (Å²) in [4.78, 5) is 10.8. The van der Waals surface area contributed by atoms with Crippen LogP contribution >= 0.6 is 0 Å². The molecule has 0 aliphatic heterocycles. The monoisotopic (exact) mass is 260 g/mol. The molecule has 0 fully saturated rings. The van der Waals surface area contributed by atoms with Gasteiger partial charge < -0.3 is 14.6 Å². The van der Waals surface area contributed by atoms with Crippen molar-refractivity contribution >= 4 is 5.97 Å². The van der Waals surface area contributed by atoms with Crippen LogP contribution in [0.25, 0.3) is 0 Å². The van der Waals surface area contributed by atoms with Gasteiger partial charge >= 0.3 is 5.97 Å². The van der Waals surface area contributed by atoms with Gasteiger partial charge in [-0.05, 0) is 55.2 Å². The Morgan fingerprint density at radius 3 is 2.32 bits per heavy atom. The Bertz CT molecular complexity index is 625. The zero-order valence-electron chi connectivity index (χ0n) is 11.1. The minimum absolute atomic E-state index is 0.171. The Morgan fingerprint density at radius 1 is 1.11 bits per heavy atom. The number of hydrogen-bond donors (Lipinski definition) is 2. The highest BCUT2D eigenvalue weighted by Crippen LogP contribution is 2.28. The summed E-state index contributed by atoms with van der Waals surface area (Å²) in [6, 6.07) is 6.73. The minimum atomic E-state index is -1.14. The second kappa shape index (κ2) is 4.90. The zero-order chi connectivity index (χ0) is 14.2. The number of aromatic carboxylic acids is 1. The number of hydrogen-bond acceptors (Lipinski definition) is 3. The predicted molar refractivity (Wildman–Crippen MR) is 70.4 cm³/mol. The smallest absolute Gasteiger partial charge is 0.371 e. The molecule has 1 atom stereocenters. The summed E-state index contributed by atoms with van der Waals surface area (Å²) in [6.07, 6.45) is -0.951. The third-order valence-corrected chi connectivity index (χ3v) is 3.28. The summed E-state index contributed by atoms with van der Waals surface area (Å²) in [5.74, 6) is -1.07. The van der Waals surface area contributed by atoms with Crippen LogP contribution in [0, 0.1) is 20.8 Å². The van der Waals surface area contributed by atoms with Crippen LogP contribution in [0.3, 0.4) is 0 Å². The maximum absolute atomic E-state index is 10.8. The van der Waals surface area contributed by atoms with E-state index in [0.717, 1.165) is 22.3 Å². The fourth-order valence-electron chi connectivity index (χ4n) is 2.05. The highest BCUT2D eigenvalue weighted by Gasteiger charge is 2.19. The van der Waals surface area contributed by atoms with Crippen LogP contribution < -0.4 is 0 Å². The maximum atomic E-state index is 10.8. The van der Waals surface area contributed by atoms with E-state index in [4.69, 9.17) is 9.52 Å². The maximum Gasteiger partial charge on any atom is 0.371 e. The average Bonchev–Trinajstić information content (AvgIpc) is 2.82. The molecule has 0 radical (unpaired) electrons. The second-order valence-corrected chi connectivity index (χ2v) is 4.70. The van der Waals surface area contributed by atoms with Crippen LogP contribution in [0.1, 0.15) is 44.7 Å². The first kappa shape index (κ1) is 13.4. The first-order chi connectivity index (χ1) is 8.90. The van der Waals surface area contributed by atoms with E-state index in [0.29, 0.717) is 0 Å². The van der Waals surface area contributed by atoms with Crippen molar-refractivity contribution in [2.24, 2.45) is 0 Å². The molecule has 0 spiro atoms. The lowest BCUT2D eigenvalue weighted by Gasteiger charge is -2.14. The number of carboxylic acids is 1. The van der Waals surface area contributed by atoms with E-state index in [1.165, 1.54) is 12.1 Å². The molecule has 0 bridgehead atoms. The molecule has 4 heteroatoms. The summed E-state index contributed by atoms with van der Waals surface area (Å²) >= 11 is 0. The number of rotatable bonds is 3. The highest BCUT2D eigenvalue weighted by molar-refractivity contribution is 5.84. The molecular weight excluding hydrogens is 244 g/mol. The Labute approximate surface area is 111 Å². The van der Waals surface area contributed by atoms with Crippen molar-refractivity contribution in [1.82, 2.24) is 0 Å². The molecule has 2 rings (SSSR count). The lowest BCUT2D eigenvalue weighted by atomic mass is 9.96. The molecular formula is C15H16O4. The predicted octanol–water partition coefficient (Wildman–Crippen LogP) is 2.98. The van der Waals surface area contributed by atoms with Crippen molar-refractivity contribution < 1.29 is 19.4 Å². The van der Waals surface area contributed by atoms with Crippen molar-refractivity contribution in [2.45, 2.75) is 26.9 Å². The molecule has 100 valence electrons. The fourth-order valence-corrected chi connectivity index (χ4v) is 2.05. The van der Waals surface area contributed by atoms with Crippen molar-refractivity contribution in [1.29, 1.82) is 0 Å². The van der Waals surface area contributed by atoms with Crippen LogP contribution in [0.4, 0.5) is 0 Å². The minimum Gasteiger partial charge on any atom is -0.475 e. The van der Waals surface area contributed by atoms with Crippen molar-refractivity contribution in [3.05, 3.63) is 58.0 Å². The Kier molecular flexibility index (Phi) is 3.44. The lowest BCUT2D eigenvalue weighted by molar-refractivity contribution is 0.0655. The first-order valence-corrected chi connectivity index (χ1v) is 5.99. The van der Waals surface area contributed by atoms with E-state index >= 15 is 0 Å². The van der Waals surface area contributed by atoms with Gasteiger partial charge in [0.25, 0.3) is 0 Å². The third kappa shape index (κ3) is 2.53. The SMILES string of the molecule is Cc1cc(C)c(C(O)c2ccc(C(=O)O)o2)cc1C. The van der Waals surface area contributed by atoms with Gasteiger partial charge in [-0.1, -0.05) is 12.1 Å². The van der Waals surface area contributed by atoms with E-state index in [2.05, 4.69) is 0 Å². The van der Waals surface area contributed by atoms with Gasteiger partial charge in [-0.25, -0.2) is 4.79 Å². The second-order valence-electron chi connectivity index (χ2n) is 4.70. The molecule has 0 aliphatic carbocycles. The summed E-state index contributed by atoms with van der Waals surface area (Å²) in [7, 11) is 0. The number of aliphatic hydroxyl groups excluding tert-OH is 1. The van der Waals surface area contributed by atoms with Crippen LogP contribution in [0.2, 0.25) is 0 Å². The first-order valence-electron chi connectivity index (χ1n) is 5.99. The van der Waals surface area contributed by atoms with E-state index < -0.39 is 12.1 Å². The van der Waals surface area contributed by atoms with Crippen LogP contribution in [0.5, 0.6) is 0 Å². The third-order valence-electron chi connectivity index (χ3n) is 3.28. The Morgan fingerprint density at radius 2 is 1.74 bits per heavy atom. The molecule has 19 heavy (non-hydrogen) atoms. The normalized spacial score (nSPS) is 12.4. The molecule has 2 aromatic rings. The Hall–Kier alpha value is -2.07. The van der Waals surface area contributed by atoms with Gasteiger partial charge in [-0.15, -0.1) is 0 Å². The highest BCUT2D eigenvalue weighted by atomic mass is 16.4. The van der Waals surface area contributed by atoms with Gasteiger partial charge in [-0.2, -0.15) is 0 Å². The van der Waals surface area contributed by atoms with Gasteiger partial charge in [0.05, 0.1) is 0 Å². The van der Waals surface area contributed by atoms with Gasteiger partial charge in [0.1, 0.15) is 11.9 Å². The van der Waals surface area contributed by atoms with Gasteiger partial charge in [-0.3, -0.25) is 0 Å². The number of furan rings is 1. The number of benzene rings is 1. The molecule has 0 saturated carbocycles. The van der Waals surface area contributed by atoms with Gasteiger partial charge in [0.15, 0.2) is 0 Å².